The standard InChI is InChI=1S/C18H12FNO3/c19-16-10-12(6-8-15(16)18(22)23)13-7-9-17(21)20(11-13)14-4-2-1-3-5-14/h1-11H,(H,22,23). The molecule has 0 amide bonds. The summed E-state index contributed by atoms with van der Waals surface area (Å²) in [5.41, 5.74) is 1.22. The number of nitrogens with zero attached hydrogens (tertiary/aromatic N) is 1. The highest BCUT2D eigenvalue weighted by atomic mass is 19.1. The van der Waals surface area contributed by atoms with Gasteiger partial charge in [0.1, 0.15) is 5.82 Å². The molecule has 4 nitrogen and oxygen atoms in total. The van der Waals surface area contributed by atoms with Crippen LogP contribution >= 0.6 is 0 Å². The third-order valence-corrected chi connectivity index (χ3v) is 3.48. The van der Waals surface area contributed by atoms with E-state index in [4.69, 9.17) is 5.11 Å². The second kappa shape index (κ2) is 5.88. The maximum Gasteiger partial charge on any atom is 0.338 e. The number of aromatic nitrogens is 1. The number of carboxylic acid groups (broad SMARTS) is 1. The Morgan fingerprint density at radius 3 is 2.30 bits per heavy atom. The molecule has 23 heavy (non-hydrogen) atoms. The van der Waals surface area contributed by atoms with Crippen LogP contribution in [0.3, 0.4) is 0 Å². The Labute approximate surface area is 131 Å². The van der Waals surface area contributed by atoms with Gasteiger partial charge in [-0.2, -0.15) is 0 Å². The summed E-state index contributed by atoms with van der Waals surface area (Å²) in [5, 5.41) is 8.87. The van der Waals surface area contributed by atoms with E-state index < -0.39 is 11.8 Å². The molecule has 0 bridgehead atoms. The summed E-state index contributed by atoms with van der Waals surface area (Å²) >= 11 is 0. The van der Waals surface area contributed by atoms with Crippen molar-refractivity contribution in [1.82, 2.24) is 4.57 Å². The number of benzene rings is 2. The monoisotopic (exact) mass is 309 g/mol. The van der Waals surface area contributed by atoms with Crippen molar-refractivity contribution in [2.75, 3.05) is 0 Å². The molecule has 0 radical (unpaired) electrons. The lowest BCUT2D eigenvalue weighted by atomic mass is 10.0. The average molecular weight is 309 g/mol. The molecule has 0 aliphatic heterocycles. The minimum absolute atomic E-state index is 0.206. The molecular formula is C18H12FNO3. The maximum absolute atomic E-state index is 13.8. The zero-order chi connectivity index (χ0) is 16.4. The summed E-state index contributed by atoms with van der Waals surface area (Å²) in [6.07, 6.45) is 1.60. The summed E-state index contributed by atoms with van der Waals surface area (Å²) in [5.74, 6) is -2.13. The highest BCUT2D eigenvalue weighted by Gasteiger charge is 2.11. The van der Waals surface area contributed by atoms with Crippen molar-refractivity contribution in [1.29, 1.82) is 0 Å². The van der Waals surface area contributed by atoms with Crippen LogP contribution in [-0.2, 0) is 0 Å². The molecule has 0 fully saturated rings. The summed E-state index contributed by atoms with van der Waals surface area (Å²) in [4.78, 5) is 22.9. The Balaban J connectivity index is 2.10. The van der Waals surface area contributed by atoms with E-state index in [-0.39, 0.29) is 11.1 Å². The van der Waals surface area contributed by atoms with E-state index in [0.29, 0.717) is 16.8 Å². The van der Waals surface area contributed by atoms with Crippen molar-refractivity contribution < 1.29 is 14.3 Å². The number of carboxylic acids is 1. The van der Waals surface area contributed by atoms with Crippen molar-refractivity contribution in [3.8, 4) is 16.8 Å². The SMILES string of the molecule is O=C(O)c1ccc(-c2ccc(=O)n(-c3ccccc3)c2)cc1F. The van der Waals surface area contributed by atoms with Gasteiger partial charge in [-0.3, -0.25) is 9.36 Å². The van der Waals surface area contributed by atoms with E-state index in [1.54, 1.807) is 24.4 Å². The van der Waals surface area contributed by atoms with E-state index in [1.807, 2.05) is 18.2 Å². The van der Waals surface area contributed by atoms with Crippen LogP contribution in [0.4, 0.5) is 4.39 Å². The predicted molar refractivity (Wildman–Crippen MR) is 84.4 cm³/mol. The van der Waals surface area contributed by atoms with Crippen LogP contribution in [0, 0.1) is 5.82 Å². The normalized spacial score (nSPS) is 10.5. The number of carbonyl (C=O) groups is 1. The maximum atomic E-state index is 13.8. The number of pyridine rings is 1. The average Bonchev–Trinajstić information content (AvgIpc) is 2.55. The van der Waals surface area contributed by atoms with E-state index in [0.717, 1.165) is 6.07 Å². The van der Waals surface area contributed by atoms with Crippen LogP contribution in [0.2, 0.25) is 0 Å². The van der Waals surface area contributed by atoms with Crippen LogP contribution in [0.25, 0.3) is 16.8 Å². The Morgan fingerprint density at radius 2 is 1.65 bits per heavy atom. The molecule has 3 rings (SSSR count). The van der Waals surface area contributed by atoms with Crippen molar-refractivity contribution >= 4 is 5.97 Å². The lowest BCUT2D eigenvalue weighted by Gasteiger charge is -2.09. The molecule has 0 aliphatic carbocycles. The van der Waals surface area contributed by atoms with Gasteiger partial charge >= 0.3 is 5.97 Å². The minimum atomic E-state index is -1.32. The Morgan fingerprint density at radius 1 is 0.957 bits per heavy atom. The van der Waals surface area contributed by atoms with Crippen molar-refractivity contribution in [3.63, 3.8) is 0 Å². The first-order valence-electron chi connectivity index (χ1n) is 6.87. The molecule has 3 aromatic rings. The molecule has 0 saturated heterocycles. The first kappa shape index (κ1) is 14.7. The molecule has 0 spiro atoms. The van der Waals surface area contributed by atoms with Gasteiger partial charge in [-0.15, -0.1) is 0 Å². The first-order valence-corrected chi connectivity index (χ1v) is 6.87. The Bertz CT molecular complexity index is 932. The second-order valence-corrected chi connectivity index (χ2v) is 4.96. The Hall–Kier alpha value is -3.21. The predicted octanol–water partition coefficient (Wildman–Crippen LogP) is 3.34. The van der Waals surface area contributed by atoms with Crippen LogP contribution < -0.4 is 5.56 Å². The van der Waals surface area contributed by atoms with E-state index in [1.165, 1.54) is 22.8 Å². The summed E-state index contributed by atoms with van der Waals surface area (Å²) in [6.45, 7) is 0. The van der Waals surface area contributed by atoms with Crippen LogP contribution in [0.15, 0.2) is 71.7 Å². The lowest BCUT2D eigenvalue weighted by molar-refractivity contribution is 0.0692. The molecule has 1 heterocycles. The molecule has 0 saturated carbocycles. The minimum Gasteiger partial charge on any atom is -0.478 e. The molecule has 0 unspecified atom stereocenters. The third-order valence-electron chi connectivity index (χ3n) is 3.48. The fraction of sp³-hybridized carbons (Fsp3) is 0. The molecule has 1 aromatic heterocycles. The fourth-order valence-electron chi connectivity index (χ4n) is 2.32. The number of para-hydroxylation sites is 1. The lowest BCUT2D eigenvalue weighted by Crippen LogP contribution is -2.16. The molecule has 2 aromatic carbocycles. The zero-order valence-corrected chi connectivity index (χ0v) is 11.9. The van der Waals surface area contributed by atoms with Gasteiger partial charge in [-0.05, 0) is 41.5 Å². The molecule has 114 valence electrons. The topological polar surface area (TPSA) is 59.3 Å². The molecule has 0 atom stereocenters. The van der Waals surface area contributed by atoms with Gasteiger partial charge in [0.25, 0.3) is 5.56 Å². The highest BCUT2D eigenvalue weighted by Crippen LogP contribution is 2.22. The van der Waals surface area contributed by atoms with Crippen molar-refractivity contribution in [3.05, 3.63) is 88.6 Å². The van der Waals surface area contributed by atoms with Gasteiger partial charge in [0.05, 0.1) is 5.56 Å². The summed E-state index contributed by atoms with van der Waals surface area (Å²) in [6, 6.07) is 15.9. The van der Waals surface area contributed by atoms with Gasteiger partial charge in [-0.25, -0.2) is 9.18 Å². The number of hydrogen-bond donors (Lipinski definition) is 1. The first-order chi connectivity index (χ1) is 11.1. The number of rotatable bonds is 3. The van der Waals surface area contributed by atoms with Crippen LogP contribution in [0.5, 0.6) is 0 Å². The zero-order valence-electron chi connectivity index (χ0n) is 11.9. The van der Waals surface area contributed by atoms with Crippen molar-refractivity contribution in [2.24, 2.45) is 0 Å². The number of hydrogen-bond acceptors (Lipinski definition) is 2. The van der Waals surface area contributed by atoms with Gasteiger partial charge in [-0.1, -0.05) is 24.3 Å². The summed E-state index contributed by atoms with van der Waals surface area (Å²) < 4.78 is 15.3. The smallest absolute Gasteiger partial charge is 0.338 e. The highest BCUT2D eigenvalue weighted by molar-refractivity contribution is 5.88. The van der Waals surface area contributed by atoms with Gasteiger partial charge < -0.3 is 5.11 Å². The molecular weight excluding hydrogens is 297 g/mol. The van der Waals surface area contributed by atoms with E-state index >= 15 is 0 Å². The van der Waals surface area contributed by atoms with Gasteiger partial charge in [0.15, 0.2) is 0 Å². The quantitative estimate of drug-likeness (QED) is 0.807. The summed E-state index contributed by atoms with van der Waals surface area (Å²) in [7, 11) is 0. The van der Waals surface area contributed by atoms with Crippen LogP contribution in [-0.4, -0.2) is 15.6 Å². The van der Waals surface area contributed by atoms with Gasteiger partial charge in [0, 0.05) is 18.0 Å². The van der Waals surface area contributed by atoms with E-state index in [9.17, 15) is 14.0 Å². The second-order valence-electron chi connectivity index (χ2n) is 4.96. The third kappa shape index (κ3) is 2.89. The van der Waals surface area contributed by atoms with Crippen LogP contribution in [0.1, 0.15) is 10.4 Å². The number of aromatic carboxylic acids is 1. The Kier molecular flexibility index (Phi) is 3.76. The van der Waals surface area contributed by atoms with Gasteiger partial charge in [0.2, 0.25) is 0 Å². The molecule has 1 N–H and O–H groups in total. The largest absolute Gasteiger partial charge is 0.478 e. The molecule has 0 aliphatic rings. The fourth-order valence-corrected chi connectivity index (χ4v) is 2.32. The van der Waals surface area contributed by atoms with Crippen molar-refractivity contribution in [2.45, 2.75) is 0 Å². The van der Waals surface area contributed by atoms with E-state index in [2.05, 4.69) is 0 Å². The molecule has 5 heteroatoms. The number of halogens is 1.